The predicted octanol–water partition coefficient (Wildman–Crippen LogP) is 9.54. The summed E-state index contributed by atoms with van der Waals surface area (Å²) in [5, 5.41) is 3.86. The van der Waals surface area contributed by atoms with E-state index >= 15 is 0 Å². The van der Waals surface area contributed by atoms with Crippen LogP contribution < -0.4 is 5.32 Å². The molecule has 0 saturated carbocycles. The first-order chi connectivity index (χ1) is 19.5. The molecule has 8 bridgehead atoms. The quantitative estimate of drug-likeness (QED) is 0.266. The van der Waals surface area contributed by atoms with Gasteiger partial charge >= 0.3 is 21.1 Å². The maximum atomic E-state index is 5.29. The van der Waals surface area contributed by atoms with Crippen molar-refractivity contribution in [3.8, 4) is 0 Å². The zero-order chi connectivity index (χ0) is 28.6. The zero-order valence-corrected chi connectivity index (χ0v) is 28.5. The molecule has 0 aromatic heterocycles. The Kier molecular flexibility index (Phi) is 10.1. The van der Waals surface area contributed by atoms with Crippen molar-refractivity contribution in [1.82, 2.24) is 5.32 Å². The predicted molar refractivity (Wildman–Crippen MR) is 172 cm³/mol. The largest absolute Gasteiger partial charge is 2.00 e. The summed E-state index contributed by atoms with van der Waals surface area (Å²) in [6.45, 7) is 18.1. The van der Waals surface area contributed by atoms with Crippen LogP contribution in [0.4, 0.5) is 0 Å². The number of allylic oxidation sites excluding steroid dienone is 11. The Morgan fingerprint density at radius 3 is 1.27 bits per heavy atom. The van der Waals surface area contributed by atoms with Gasteiger partial charge in [0.05, 0.1) is 34.2 Å². The van der Waals surface area contributed by atoms with Crippen molar-refractivity contribution in [2.75, 3.05) is 0 Å². The van der Waals surface area contributed by atoms with E-state index in [9.17, 15) is 0 Å². The van der Waals surface area contributed by atoms with Crippen molar-refractivity contribution in [2.45, 2.75) is 107 Å². The van der Waals surface area contributed by atoms with Gasteiger partial charge in [0.1, 0.15) is 0 Å². The van der Waals surface area contributed by atoms with Crippen molar-refractivity contribution in [3.63, 3.8) is 0 Å². The molecule has 5 heteroatoms. The van der Waals surface area contributed by atoms with E-state index in [1.165, 1.54) is 50.4 Å². The van der Waals surface area contributed by atoms with Crippen LogP contribution in [0.2, 0.25) is 0 Å². The molecule has 5 aliphatic heterocycles. The summed E-state index contributed by atoms with van der Waals surface area (Å²) in [7, 11) is 0. The summed E-state index contributed by atoms with van der Waals surface area (Å²) < 4.78 is 0. The molecule has 0 spiro atoms. The second kappa shape index (κ2) is 13.2. The standard InChI is InChI=1S/C36H46N4.Pt/c1-9-21-22(10-2)30-18-32-25(13-5)26(14-6)34(39-32)20-36-28(16-8)27(15-7)35(40-36)19-33-24(12-4)23(11-3)31(38-33)17-29(21)37-30;/h17-21,37H,9-16H2,1-8H3;/q;+2. The molecule has 218 valence electrons. The summed E-state index contributed by atoms with van der Waals surface area (Å²) in [4.78, 5) is 15.8. The third-order valence-corrected chi connectivity index (χ3v) is 9.12. The van der Waals surface area contributed by atoms with Crippen LogP contribution in [0.1, 0.15) is 107 Å². The molecular weight excluding hydrogens is 684 g/mol. The Balaban J connectivity index is 0.00000387. The van der Waals surface area contributed by atoms with E-state index < -0.39 is 0 Å². The Bertz CT molecular complexity index is 1480. The number of rotatable bonds is 8. The van der Waals surface area contributed by atoms with Crippen LogP contribution in [-0.2, 0) is 21.1 Å². The van der Waals surface area contributed by atoms with E-state index in [0.717, 1.165) is 85.6 Å². The molecule has 0 aromatic rings. The third-order valence-electron chi connectivity index (χ3n) is 9.12. The fourth-order valence-corrected chi connectivity index (χ4v) is 7.22. The van der Waals surface area contributed by atoms with Crippen molar-refractivity contribution in [3.05, 3.63) is 91.8 Å². The molecule has 0 saturated heterocycles. The van der Waals surface area contributed by atoms with Crippen LogP contribution in [-0.4, -0.2) is 17.1 Å². The Morgan fingerprint density at radius 2 is 0.902 bits per heavy atom. The van der Waals surface area contributed by atoms with Gasteiger partial charge in [0, 0.05) is 17.3 Å². The number of hydrogen-bond acceptors (Lipinski definition) is 4. The molecule has 5 heterocycles. The van der Waals surface area contributed by atoms with Gasteiger partial charge in [-0.2, -0.15) is 0 Å². The summed E-state index contributed by atoms with van der Waals surface area (Å²) in [6.07, 6.45) is 17.1. The van der Waals surface area contributed by atoms with Crippen LogP contribution in [0.5, 0.6) is 0 Å². The monoisotopic (exact) mass is 729 g/mol. The van der Waals surface area contributed by atoms with Gasteiger partial charge < -0.3 is 5.32 Å². The van der Waals surface area contributed by atoms with Gasteiger partial charge in [-0.15, -0.1) is 0 Å². The second-order valence-corrected chi connectivity index (χ2v) is 11.1. The molecule has 0 aromatic carbocycles. The van der Waals surface area contributed by atoms with Gasteiger partial charge in [-0.25, -0.2) is 15.0 Å². The van der Waals surface area contributed by atoms with E-state index in [1.54, 1.807) is 0 Å². The molecule has 0 radical (unpaired) electrons. The van der Waals surface area contributed by atoms with E-state index in [-0.39, 0.29) is 21.1 Å². The number of hydrogen-bond donors (Lipinski definition) is 1. The first-order valence-electron chi connectivity index (χ1n) is 15.8. The molecule has 1 unspecified atom stereocenters. The SMILES string of the molecule is CCC1=C(CC)C2=NC1=CC1=NC(=CC3=C(CC)C(CC)C(=CC4=NC(=C2)C(CC)=C4CC)N3)C(CC)=C1CC.[Pt+2]. The summed E-state index contributed by atoms with van der Waals surface area (Å²) in [6, 6.07) is 0. The van der Waals surface area contributed by atoms with Gasteiger partial charge in [0.15, 0.2) is 0 Å². The Labute approximate surface area is 262 Å². The van der Waals surface area contributed by atoms with Crippen LogP contribution in [0.3, 0.4) is 0 Å². The van der Waals surface area contributed by atoms with Crippen molar-refractivity contribution in [1.29, 1.82) is 0 Å². The van der Waals surface area contributed by atoms with E-state index in [0.29, 0.717) is 5.92 Å². The van der Waals surface area contributed by atoms with Crippen molar-refractivity contribution in [2.24, 2.45) is 20.9 Å². The molecule has 0 aliphatic carbocycles. The molecule has 1 N–H and O–H groups in total. The Hall–Kier alpha value is -2.58. The molecule has 5 aliphatic rings. The maximum absolute atomic E-state index is 5.29. The smallest absolute Gasteiger partial charge is 0.358 e. The van der Waals surface area contributed by atoms with E-state index in [1.807, 2.05) is 0 Å². The normalized spacial score (nSPS) is 21.9. The molecular formula is C36H46N4Pt+2. The van der Waals surface area contributed by atoms with Crippen LogP contribution in [0.15, 0.2) is 107 Å². The number of fused-ring (bicyclic) bond motifs is 5. The van der Waals surface area contributed by atoms with Gasteiger partial charge in [-0.1, -0.05) is 55.4 Å². The molecule has 1 atom stereocenters. The number of aliphatic imine (C=N–C) groups is 3. The topological polar surface area (TPSA) is 49.1 Å². The summed E-state index contributed by atoms with van der Waals surface area (Å²) in [5.41, 5.74) is 18.6. The van der Waals surface area contributed by atoms with Crippen LogP contribution in [0.25, 0.3) is 0 Å². The molecule has 5 rings (SSSR count). The van der Waals surface area contributed by atoms with E-state index in [4.69, 9.17) is 15.0 Å². The van der Waals surface area contributed by atoms with Gasteiger partial charge in [-0.05, 0) is 115 Å². The average molecular weight is 730 g/mol. The minimum Gasteiger partial charge on any atom is -0.358 e. The number of nitrogens with one attached hydrogen (secondary N) is 1. The van der Waals surface area contributed by atoms with Gasteiger partial charge in [0.25, 0.3) is 0 Å². The fraction of sp³-hybridized carbons (Fsp3) is 0.472. The van der Waals surface area contributed by atoms with Crippen molar-refractivity contribution < 1.29 is 21.1 Å². The minimum absolute atomic E-state index is 0. The first-order valence-corrected chi connectivity index (χ1v) is 15.8. The summed E-state index contributed by atoms with van der Waals surface area (Å²) >= 11 is 0. The number of nitrogens with zero attached hydrogens (tertiary/aromatic N) is 3. The second-order valence-electron chi connectivity index (χ2n) is 11.1. The van der Waals surface area contributed by atoms with E-state index in [2.05, 4.69) is 85.0 Å². The first kappa shape index (κ1) is 31.4. The van der Waals surface area contributed by atoms with Gasteiger partial charge in [0.2, 0.25) is 0 Å². The van der Waals surface area contributed by atoms with Crippen molar-refractivity contribution >= 4 is 17.1 Å². The molecule has 0 amide bonds. The maximum Gasteiger partial charge on any atom is 2.00 e. The summed E-state index contributed by atoms with van der Waals surface area (Å²) in [5.74, 6) is 0.375. The minimum atomic E-state index is 0. The molecule has 0 fully saturated rings. The molecule has 41 heavy (non-hydrogen) atoms. The average Bonchev–Trinajstić information content (AvgIpc) is 3.67. The zero-order valence-electron chi connectivity index (χ0n) is 26.2. The Morgan fingerprint density at radius 1 is 0.512 bits per heavy atom. The van der Waals surface area contributed by atoms with Crippen LogP contribution >= 0.6 is 0 Å². The third kappa shape index (κ3) is 5.38. The molecule has 4 nitrogen and oxygen atoms in total. The van der Waals surface area contributed by atoms with Crippen LogP contribution in [0, 0.1) is 5.92 Å². The fourth-order valence-electron chi connectivity index (χ4n) is 7.22. The van der Waals surface area contributed by atoms with Gasteiger partial charge in [-0.3, -0.25) is 0 Å².